The van der Waals surface area contributed by atoms with Gasteiger partial charge < -0.3 is 20.3 Å². The Hall–Kier alpha value is -1.10. The second-order valence-corrected chi connectivity index (χ2v) is 5.65. The van der Waals surface area contributed by atoms with Crippen molar-refractivity contribution < 1.29 is 14.6 Å². The molecule has 1 aromatic rings. The first-order chi connectivity index (χ1) is 8.95. The number of aliphatic hydroxyl groups is 1. The van der Waals surface area contributed by atoms with E-state index in [-0.39, 0.29) is 24.2 Å². The number of para-hydroxylation sites is 1. The van der Waals surface area contributed by atoms with E-state index in [1.54, 1.807) is 0 Å². The fourth-order valence-electron chi connectivity index (χ4n) is 1.70. The summed E-state index contributed by atoms with van der Waals surface area (Å²) in [5.74, 6) is 0.812. The van der Waals surface area contributed by atoms with E-state index >= 15 is 0 Å². The van der Waals surface area contributed by atoms with Gasteiger partial charge in [-0.15, -0.1) is 0 Å². The standard InChI is InChI=1S/C15H25NO3/c1-15(2,3)14(16)13(11-17)19-10-9-18-12-7-5-4-6-8-12/h4-8,13-14,17H,9-11,16H2,1-3H3. The minimum absolute atomic E-state index is 0.0796. The first kappa shape index (κ1) is 16.0. The molecule has 2 atom stereocenters. The van der Waals surface area contributed by atoms with Gasteiger partial charge in [-0.3, -0.25) is 0 Å². The molecule has 108 valence electrons. The van der Waals surface area contributed by atoms with Crippen LogP contribution in [0.4, 0.5) is 0 Å². The number of hydrogen-bond donors (Lipinski definition) is 2. The Morgan fingerprint density at radius 2 is 1.79 bits per heavy atom. The highest BCUT2D eigenvalue weighted by Crippen LogP contribution is 2.21. The van der Waals surface area contributed by atoms with Gasteiger partial charge in [0, 0.05) is 6.04 Å². The fraction of sp³-hybridized carbons (Fsp3) is 0.600. The zero-order valence-electron chi connectivity index (χ0n) is 12.0. The Morgan fingerprint density at radius 3 is 2.32 bits per heavy atom. The molecular weight excluding hydrogens is 242 g/mol. The van der Waals surface area contributed by atoms with Gasteiger partial charge in [-0.25, -0.2) is 0 Å². The van der Waals surface area contributed by atoms with Crippen LogP contribution in [-0.4, -0.2) is 37.1 Å². The zero-order chi connectivity index (χ0) is 14.3. The lowest BCUT2D eigenvalue weighted by Gasteiger charge is -2.33. The molecule has 0 saturated heterocycles. The lowest BCUT2D eigenvalue weighted by atomic mass is 9.84. The number of rotatable bonds is 7. The van der Waals surface area contributed by atoms with Gasteiger partial charge in [-0.1, -0.05) is 39.0 Å². The summed E-state index contributed by atoms with van der Waals surface area (Å²) < 4.78 is 11.1. The van der Waals surface area contributed by atoms with Gasteiger partial charge in [-0.2, -0.15) is 0 Å². The monoisotopic (exact) mass is 267 g/mol. The SMILES string of the molecule is CC(C)(C)C(N)C(CO)OCCOc1ccccc1. The first-order valence-electron chi connectivity index (χ1n) is 6.61. The Balaban J connectivity index is 2.31. The maximum Gasteiger partial charge on any atom is 0.119 e. The van der Waals surface area contributed by atoms with E-state index < -0.39 is 0 Å². The molecule has 2 unspecified atom stereocenters. The van der Waals surface area contributed by atoms with Crippen LogP contribution >= 0.6 is 0 Å². The average Bonchev–Trinajstić information content (AvgIpc) is 2.38. The summed E-state index contributed by atoms with van der Waals surface area (Å²) in [5, 5.41) is 9.33. The van der Waals surface area contributed by atoms with Crippen LogP contribution in [0.1, 0.15) is 20.8 Å². The van der Waals surface area contributed by atoms with Crippen LogP contribution in [-0.2, 0) is 4.74 Å². The van der Waals surface area contributed by atoms with E-state index in [2.05, 4.69) is 0 Å². The van der Waals surface area contributed by atoms with Gasteiger partial charge in [0.25, 0.3) is 0 Å². The van der Waals surface area contributed by atoms with Gasteiger partial charge in [-0.05, 0) is 17.5 Å². The normalized spacial score (nSPS) is 15.0. The van der Waals surface area contributed by atoms with E-state index in [1.807, 2.05) is 51.1 Å². The molecule has 0 aliphatic rings. The maximum absolute atomic E-state index is 9.33. The number of aliphatic hydroxyl groups excluding tert-OH is 1. The molecule has 0 heterocycles. The molecule has 3 N–H and O–H groups in total. The number of ether oxygens (including phenoxy) is 2. The highest BCUT2D eigenvalue weighted by molar-refractivity contribution is 5.20. The molecule has 0 aromatic heterocycles. The minimum atomic E-state index is -0.362. The second kappa shape index (κ2) is 7.48. The van der Waals surface area contributed by atoms with Crippen LogP contribution < -0.4 is 10.5 Å². The Morgan fingerprint density at radius 1 is 1.16 bits per heavy atom. The highest BCUT2D eigenvalue weighted by atomic mass is 16.5. The van der Waals surface area contributed by atoms with Crippen molar-refractivity contribution in [2.75, 3.05) is 19.8 Å². The van der Waals surface area contributed by atoms with E-state index in [0.29, 0.717) is 13.2 Å². The summed E-state index contributed by atoms with van der Waals surface area (Å²) >= 11 is 0. The molecule has 4 nitrogen and oxygen atoms in total. The van der Waals surface area contributed by atoms with Crippen molar-refractivity contribution in [1.82, 2.24) is 0 Å². The van der Waals surface area contributed by atoms with Crippen LogP contribution in [0.2, 0.25) is 0 Å². The van der Waals surface area contributed by atoms with Crippen molar-refractivity contribution in [3.63, 3.8) is 0 Å². The van der Waals surface area contributed by atoms with Crippen LogP contribution in [0.3, 0.4) is 0 Å². The third-order valence-corrected chi connectivity index (χ3v) is 3.01. The topological polar surface area (TPSA) is 64.7 Å². The quantitative estimate of drug-likeness (QED) is 0.740. The molecule has 0 aliphatic carbocycles. The predicted molar refractivity (Wildman–Crippen MR) is 76.2 cm³/mol. The van der Waals surface area contributed by atoms with E-state index in [4.69, 9.17) is 15.2 Å². The molecule has 0 fully saturated rings. The number of benzene rings is 1. The molecule has 19 heavy (non-hydrogen) atoms. The van der Waals surface area contributed by atoms with Crippen molar-refractivity contribution in [3.8, 4) is 5.75 Å². The van der Waals surface area contributed by atoms with E-state index in [1.165, 1.54) is 0 Å². The van der Waals surface area contributed by atoms with Crippen LogP contribution in [0, 0.1) is 5.41 Å². The lowest BCUT2D eigenvalue weighted by Crippen LogP contribution is -2.48. The highest BCUT2D eigenvalue weighted by Gasteiger charge is 2.29. The molecule has 0 amide bonds. The smallest absolute Gasteiger partial charge is 0.119 e. The molecule has 4 heteroatoms. The summed E-state index contributed by atoms with van der Waals surface area (Å²) in [6, 6.07) is 9.35. The van der Waals surface area contributed by atoms with E-state index in [0.717, 1.165) is 5.75 Å². The number of hydrogen-bond acceptors (Lipinski definition) is 4. The Kier molecular flexibility index (Phi) is 6.28. The summed E-state index contributed by atoms with van der Waals surface area (Å²) in [6.07, 6.45) is -0.362. The molecule has 0 bridgehead atoms. The molecule has 0 saturated carbocycles. The zero-order valence-corrected chi connectivity index (χ0v) is 12.0. The van der Waals surface area contributed by atoms with Crippen molar-refractivity contribution in [2.45, 2.75) is 32.9 Å². The summed E-state index contributed by atoms with van der Waals surface area (Å²) in [5.41, 5.74) is 5.97. The number of nitrogens with two attached hydrogens (primary N) is 1. The van der Waals surface area contributed by atoms with Gasteiger partial charge >= 0.3 is 0 Å². The summed E-state index contributed by atoms with van der Waals surface area (Å²) in [4.78, 5) is 0. The summed E-state index contributed by atoms with van der Waals surface area (Å²) in [6.45, 7) is 6.86. The van der Waals surface area contributed by atoms with Gasteiger partial charge in [0.15, 0.2) is 0 Å². The maximum atomic E-state index is 9.33. The van der Waals surface area contributed by atoms with Crippen LogP contribution in [0.25, 0.3) is 0 Å². The third kappa shape index (κ3) is 5.59. The molecular formula is C15H25NO3. The molecule has 0 radical (unpaired) electrons. The molecule has 0 aliphatic heterocycles. The van der Waals surface area contributed by atoms with Crippen molar-refractivity contribution in [1.29, 1.82) is 0 Å². The molecule has 0 spiro atoms. The molecule has 1 rings (SSSR count). The van der Waals surface area contributed by atoms with Crippen molar-refractivity contribution in [3.05, 3.63) is 30.3 Å². The van der Waals surface area contributed by atoms with Crippen LogP contribution in [0.5, 0.6) is 5.75 Å². The van der Waals surface area contributed by atoms with E-state index in [9.17, 15) is 5.11 Å². The van der Waals surface area contributed by atoms with Gasteiger partial charge in [0.05, 0.1) is 19.3 Å². The minimum Gasteiger partial charge on any atom is -0.491 e. The third-order valence-electron chi connectivity index (χ3n) is 3.01. The summed E-state index contributed by atoms with van der Waals surface area (Å²) in [7, 11) is 0. The lowest BCUT2D eigenvalue weighted by molar-refractivity contribution is -0.0332. The van der Waals surface area contributed by atoms with Gasteiger partial charge in [0.1, 0.15) is 12.4 Å². The second-order valence-electron chi connectivity index (χ2n) is 5.65. The van der Waals surface area contributed by atoms with Crippen molar-refractivity contribution in [2.24, 2.45) is 11.1 Å². The Bertz CT molecular complexity index is 348. The average molecular weight is 267 g/mol. The largest absolute Gasteiger partial charge is 0.491 e. The fourth-order valence-corrected chi connectivity index (χ4v) is 1.70. The van der Waals surface area contributed by atoms with Crippen LogP contribution in [0.15, 0.2) is 30.3 Å². The molecule has 1 aromatic carbocycles. The predicted octanol–water partition coefficient (Wildman–Crippen LogP) is 1.82. The van der Waals surface area contributed by atoms with Gasteiger partial charge in [0.2, 0.25) is 0 Å². The first-order valence-corrected chi connectivity index (χ1v) is 6.61. The van der Waals surface area contributed by atoms with Crippen molar-refractivity contribution >= 4 is 0 Å². The Labute approximate surface area is 115 Å².